The van der Waals surface area contributed by atoms with Crippen LogP contribution in [0.2, 0.25) is 5.02 Å². The van der Waals surface area contributed by atoms with Crippen molar-refractivity contribution < 1.29 is 19.4 Å². The number of aryl methyl sites for hydroxylation is 2. The number of thiazole rings is 1. The molecule has 1 aliphatic rings. The van der Waals surface area contributed by atoms with Gasteiger partial charge in [-0.2, -0.15) is 0 Å². The first-order valence-corrected chi connectivity index (χ1v) is 14.4. The number of thioether (sulfide) groups is 1. The SMILES string of the molecule is COc1ccc([C@H]2C(C(=O)c3sc(C)nc3C)=C(O)C(=O)N2c2nnc(SCc3ccc(Cl)cc3)s2)cc1. The van der Waals surface area contributed by atoms with Crippen LogP contribution in [0.1, 0.15) is 37.5 Å². The van der Waals surface area contributed by atoms with E-state index in [0.717, 1.165) is 10.6 Å². The number of hydrogen-bond acceptors (Lipinski definition) is 10. The van der Waals surface area contributed by atoms with Crippen molar-refractivity contribution in [1.29, 1.82) is 0 Å². The molecular weight excluding hydrogens is 564 g/mol. The van der Waals surface area contributed by atoms with Crippen LogP contribution in [0, 0.1) is 13.8 Å². The number of carbonyl (C=O) groups is 2. The first kappa shape index (κ1) is 26.4. The van der Waals surface area contributed by atoms with Crippen LogP contribution in [0.5, 0.6) is 5.75 Å². The molecule has 1 amide bonds. The number of aliphatic hydroxyl groups excluding tert-OH is 1. The van der Waals surface area contributed by atoms with E-state index in [4.69, 9.17) is 16.3 Å². The van der Waals surface area contributed by atoms with Crippen molar-refractivity contribution in [2.75, 3.05) is 12.0 Å². The van der Waals surface area contributed by atoms with Gasteiger partial charge in [0.05, 0.1) is 34.3 Å². The summed E-state index contributed by atoms with van der Waals surface area (Å²) in [6, 6.07) is 13.6. The maximum Gasteiger partial charge on any atom is 0.296 e. The van der Waals surface area contributed by atoms with E-state index in [0.29, 0.717) is 37.0 Å². The molecule has 0 radical (unpaired) electrons. The number of methoxy groups -OCH3 is 1. The van der Waals surface area contributed by atoms with Gasteiger partial charge in [0, 0.05) is 10.8 Å². The van der Waals surface area contributed by atoms with Gasteiger partial charge in [0.15, 0.2) is 10.1 Å². The second-order valence-corrected chi connectivity index (χ2v) is 12.2. The van der Waals surface area contributed by atoms with E-state index < -0.39 is 23.5 Å². The fourth-order valence-corrected chi connectivity index (χ4v) is 6.91. The van der Waals surface area contributed by atoms with Gasteiger partial charge in [-0.15, -0.1) is 21.5 Å². The van der Waals surface area contributed by atoms with Crippen LogP contribution in [0.25, 0.3) is 0 Å². The fraction of sp³-hybridized carbons (Fsp3) is 0.192. The Labute approximate surface area is 236 Å². The van der Waals surface area contributed by atoms with Gasteiger partial charge in [-0.3, -0.25) is 14.5 Å². The molecule has 0 aliphatic carbocycles. The lowest BCUT2D eigenvalue weighted by atomic mass is 9.95. The fourth-order valence-electron chi connectivity index (χ4n) is 4.08. The average molecular weight is 585 g/mol. The van der Waals surface area contributed by atoms with Crippen molar-refractivity contribution in [1.82, 2.24) is 15.2 Å². The highest BCUT2D eigenvalue weighted by Gasteiger charge is 2.46. The van der Waals surface area contributed by atoms with Gasteiger partial charge < -0.3 is 9.84 Å². The largest absolute Gasteiger partial charge is 0.503 e. The minimum atomic E-state index is -0.898. The second kappa shape index (κ2) is 10.9. The molecule has 194 valence electrons. The number of ether oxygens (including phenoxy) is 1. The summed E-state index contributed by atoms with van der Waals surface area (Å²) in [5.74, 6) is -0.496. The van der Waals surface area contributed by atoms with Gasteiger partial charge in [-0.25, -0.2) is 4.98 Å². The number of Topliss-reactive ketones (excluding diaryl/α,β-unsaturated/α-hetero) is 1. The molecule has 1 N–H and O–H groups in total. The molecular formula is C26H21ClN4O4S3. The maximum absolute atomic E-state index is 13.7. The first-order valence-electron chi connectivity index (χ1n) is 11.4. The maximum atomic E-state index is 13.7. The molecule has 3 heterocycles. The molecule has 1 atom stereocenters. The molecule has 0 saturated carbocycles. The van der Waals surface area contributed by atoms with Crippen molar-refractivity contribution in [2.24, 2.45) is 0 Å². The summed E-state index contributed by atoms with van der Waals surface area (Å²) in [6.45, 7) is 3.54. The summed E-state index contributed by atoms with van der Waals surface area (Å²) in [5, 5.41) is 21.2. The van der Waals surface area contributed by atoms with Crippen LogP contribution in [0.3, 0.4) is 0 Å². The summed E-state index contributed by atoms with van der Waals surface area (Å²) in [5.41, 5.74) is 2.22. The number of benzene rings is 2. The van der Waals surface area contributed by atoms with E-state index in [1.165, 1.54) is 39.3 Å². The molecule has 4 aromatic rings. The number of halogens is 1. The number of ketones is 1. The highest BCUT2D eigenvalue weighted by molar-refractivity contribution is 8.00. The lowest BCUT2D eigenvalue weighted by molar-refractivity contribution is -0.117. The van der Waals surface area contributed by atoms with Crippen molar-refractivity contribution in [2.45, 2.75) is 30.0 Å². The zero-order chi connectivity index (χ0) is 27.0. The van der Waals surface area contributed by atoms with E-state index in [2.05, 4.69) is 15.2 Å². The van der Waals surface area contributed by atoms with Crippen LogP contribution in [0.15, 0.2) is 64.2 Å². The first-order chi connectivity index (χ1) is 18.3. The lowest BCUT2D eigenvalue weighted by Crippen LogP contribution is -2.31. The van der Waals surface area contributed by atoms with Crippen molar-refractivity contribution in [3.05, 3.63) is 91.6 Å². The molecule has 12 heteroatoms. The molecule has 8 nitrogen and oxygen atoms in total. The smallest absolute Gasteiger partial charge is 0.296 e. The predicted molar refractivity (Wildman–Crippen MR) is 150 cm³/mol. The molecule has 38 heavy (non-hydrogen) atoms. The normalized spacial score (nSPS) is 15.4. The van der Waals surface area contributed by atoms with Crippen LogP contribution in [0.4, 0.5) is 5.13 Å². The highest BCUT2D eigenvalue weighted by atomic mass is 35.5. The van der Waals surface area contributed by atoms with E-state index in [1.54, 1.807) is 45.2 Å². The number of nitrogens with zero attached hydrogens (tertiary/aromatic N) is 4. The van der Waals surface area contributed by atoms with Gasteiger partial charge in [0.25, 0.3) is 5.91 Å². The zero-order valence-corrected chi connectivity index (χ0v) is 23.7. The Balaban J connectivity index is 1.50. The van der Waals surface area contributed by atoms with Gasteiger partial charge in [-0.1, -0.05) is 59.0 Å². The van der Waals surface area contributed by atoms with E-state index in [1.807, 2.05) is 24.3 Å². The topological polar surface area (TPSA) is 106 Å². The standard InChI is InChI=1S/C26H21ClN4O4S3/c1-13-23(37-14(2)28-13)21(32)19-20(16-6-10-18(35-3)11-7-16)31(24(34)22(19)33)25-29-30-26(38-25)36-12-15-4-8-17(27)9-5-15/h4-11,20,33H,12H2,1-3H3/t20-/m0/s1. The minimum absolute atomic E-state index is 0.0162. The Hall–Kier alpha value is -3.25. The van der Waals surface area contributed by atoms with E-state index in [-0.39, 0.29) is 10.7 Å². The lowest BCUT2D eigenvalue weighted by Gasteiger charge is -2.24. The summed E-state index contributed by atoms with van der Waals surface area (Å²) < 4.78 is 5.92. The van der Waals surface area contributed by atoms with Crippen LogP contribution < -0.4 is 9.64 Å². The van der Waals surface area contributed by atoms with Gasteiger partial charge in [-0.05, 0) is 49.2 Å². The second-order valence-electron chi connectivity index (χ2n) is 8.36. The molecule has 0 bridgehead atoms. The number of amides is 1. The Morgan fingerprint density at radius 1 is 1.11 bits per heavy atom. The van der Waals surface area contributed by atoms with E-state index in [9.17, 15) is 14.7 Å². The Bertz CT molecular complexity index is 1550. The monoisotopic (exact) mass is 584 g/mol. The quantitative estimate of drug-likeness (QED) is 0.145. The number of anilines is 1. The Kier molecular flexibility index (Phi) is 7.53. The summed E-state index contributed by atoms with van der Waals surface area (Å²) >= 11 is 9.89. The number of aliphatic hydroxyl groups is 1. The van der Waals surface area contributed by atoms with E-state index >= 15 is 0 Å². The molecule has 0 fully saturated rings. The van der Waals surface area contributed by atoms with Crippen LogP contribution >= 0.6 is 46.0 Å². The molecule has 2 aromatic heterocycles. The number of hydrogen-bond donors (Lipinski definition) is 1. The molecule has 2 aromatic carbocycles. The van der Waals surface area contributed by atoms with Crippen molar-refractivity contribution in [3.63, 3.8) is 0 Å². The summed E-state index contributed by atoms with van der Waals surface area (Å²) in [6.07, 6.45) is 0. The summed E-state index contributed by atoms with van der Waals surface area (Å²) in [7, 11) is 1.56. The number of carbonyl (C=O) groups excluding carboxylic acids is 2. The van der Waals surface area contributed by atoms with Gasteiger partial charge >= 0.3 is 0 Å². The molecule has 0 unspecified atom stereocenters. The zero-order valence-electron chi connectivity index (χ0n) is 20.5. The van der Waals surface area contributed by atoms with Gasteiger partial charge in [0.1, 0.15) is 5.75 Å². The van der Waals surface area contributed by atoms with Crippen LogP contribution in [-0.2, 0) is 10.5 Å². The third-order valence-corrected chi connectivity index (χ3v) is 9.32. The highest BCUT2D eigenvalue weighted by Crippen LogP contribution is 2.44. The third-order valence-electron chi connectivity index (χ3n) is 5.87. The van der Waals surface area contributed by atoms with Crippen LogP contribution in [-0.4, -0.2) is 39.1 Å². The molecule has 1 aliphatic heterocycles. The number of rotatable bonds is 8. The number of aromatic nitrogens is 3. The van der Waals surface area contributed by atoms with Crippen molar-refractivity contribution in [3.8, 4) is 5.75 Å². The van der Waals surface area contributed by atoms with Gasteiger partial charge in [0.2, 0.25) is 10.9 Å². The Morgan fingerprint density at radius 3 is 2.45 bits per heavy atom. The Morgan fingerprint density at radius 2 is 1.82 bits per heavy atom. The predicted octanol–water partition coefficient (Wildman–Crippen LogP) is 6.35. The van der Waals surface area contributed by atoms with Crippen molar-refractivity contribution >= 4 is 62.9 Å². The summed E-state index contributed by atoms with van der Waals surface area (Å²) in [4.78, 5) is 33.2. The molecule has 5 rings (SSSR count). The molecule has 0 saturated heterocycles. The minimum Gasteiger partial charge on any atom is -0.503 e. The third kappa shape index (κ3) is 5.06. The molecule has 0 spiro atoms. The average Bonchev–Trinajstić information content (AvgIpc) is 3.59.